The van der Waals surface area contributed by atoms with E-state index in [1.807, 2.05) is 24.3 Å². The Morgan fingerprint density at radius 2 is 1.92 bits per heavy atom. The number of rotatable bonds is 6. The summed E-state index contributed by atoms with van der Waals surface area (Å²) >= 11 is 0. The number of aromatic nitrogens is 1. The second-order valence-electron chi connectivity index (χ2n) is 5.01. The van der Waals surface area contributed by atoms with Gasteiger partial charge in [-0.2, -0.15) is 0 Å². The Kier molecular flexibility index (Phi) is 4.47. The van der Waals surface area contributed by atoms with Crippen molar-refractivity contribution >= 4 is 5.97 Å². The molecule has 0 amide bonds. The van der Waals surface area contributed by atoms with E-state index in [9.17, 15) is 4.79 Å². The van der Waals surface area contributed by atoms with Gasteiger partial charge in [0.1, 0.15) is 23.8 Å². The molecule has 0 radical (unpaired) electrons. The van der Waals surface area contributed by atoms with Gasteiger partial charge in [-0.25, -0.2) is 4.79 Å². The highest BCUT2D eigenvalue weighted by atomic mass is 16.5. The van der Waals surface area contributed by atoms with Crippen LogP contribution in [-0.2, 0) is 6.61 Å². The van der Waals surface area contributed by atoms with Gasteiger partial charge in [-0.15, -0.1) is 0 Å². The maximum atomic E-state index is 10.8. The summed E-state index contributed by atoms with van der Waals surface area (Å²) < 4.78 is 15.8. The molecule has 0 aliphatic carbocycles. The molecule has 1 aromatic heterocycles. The molecule has 6 nitrogen and oxygen atoms in total. The average molecular weight is 325 g/mol. The van der Waals surface area contributed by atoms with Gasteiger partial charge in [0.05, 0.1) is 7.11 Å². The molecule has 1 heterocycles. The second-order valence-corrected chi connectivity index (χ2v) is 5.01. The van der Waals surface area contributed by atoms with Crippen molar-refractivity contribution < 1.29 is 23.9 Å². The Morgan fingerprint density at radius 1 is 1.17 bits per heavy atom. The summed E-state index contributed by atoms with van der Waals surface area (Å²) in [5.74, 6) is 0.122. The van der Waals surface area contributed by atoms with Gasteiger partial charge in [0.2, 0.25) is 5.76 Å². The highest BCUT2D eigenvalue weighted by Crippen LogP contribution is 2.24. The Hall–Kier alpha value is -3.28. The van der Waals surface area contributed by atoms with Gasteiger partial charge < -0.3 is 19.1 Å². The minimum Gasteiger partial charge on any atom is -0.496 e. The number of ether oxygens (including phenoxy) is 2. The van der Waals surface area contributed by atoms with Crippen molar-refractivity contribution in [3.05, 3.63) is 65.9 Å². The number of hydrogen-bond acceptors (Lipinski definition) is 5. The van der Waals surface area contributed by atoms with Crippen molar-refractivity contribution in [2.75, 3.05) is 7.11 Å². The van der Waals surface area contributed by atoms with E-state index in [0.29, 0.717) is 18.1 Å². The highest BCUT2D eigenvalue weighted by Gasteiger charge is 2.12. The molecular weight excluding hydrogens is 310 g/mol. The van der Waals surface area contributed by atoms with Gasteiger partial charge >= 0.3 is 5.97 Å². The van der Waals surface area contributed by atoms with Gasteiger partial charge in [0.25, 0.3) is 0 Å². The summed E-state index contributed by atoms with van der Waals surface area (Å²) in [6, 6.07) is 16.2. The number of para-hydroxylation sites is 1. The molecule has 0 saturated carbocycles. The number of hydrogen-bond donors (Lipinski definition) is 1. The predicted octanol–water partition coefficient (Wildman–Crippen LogP) is 3.63. The van der Waals surface area contributed by atoms with Crippen molar-refractivity contribution in [1.82, 2.24) is 5.16 Å². The van der Waals surface area contributed by atoms with Crippen molar-refractivity contribution in [1.29, 1.82) is 0 Å². The van der Waals surface area contributed by atoms with Crippen LogP contribution in [0.25, 0.3) is 11.3 Å². The summed E-state index contributed by atoms with van der Waals surface area (Å²) in [6.07, 6.45) is 0. The van der Waals surface area contributed by atoms with Gasteiger partial charge in [0, 0.05) is 17.2 Å². The molecule has 0 aliphatic rings. The van der Waals surface area contributed by atoms with Crippen LogP contribution in [-0.4, -0.2) is 23.3 Å². The van der Waals surface area contributed by atoms with E-state index in [0.717, 1.165) is 16.9 Å². The molecular formula is C18H15NO5. The maximum absolute atomic E-state index is 10.8. The van der Waals surface area contributed by atoms with E-state index in [2.05, 4.69) is 5.16 Å². The van der Waals surface area contributed by atoms with Crippen molar-refractivity contribution in [2.45, 2.75) is 6.61 Å². The van der Waals surface area contributed by atoms with Crippen LogP contribution in [0.2, 0.25) is 0 Å². The zero-order valence-corrected chi connectivity index (χ0v) is 12.9. The molecule has 3 aromatic rings. The second kappa shape index (κ2) is 6.87. The molecule has 0 bridgehead atoms. The number of benzene rings is 2. The Bertz CT molecular complexity index is 839. The van der Waals surface area contributed by atoms with Crippen LogP contribution >= 0.6 is 0 Å². The van der Waals surface area contributed by atoms with E-state index in [4.69, 9.17) is 19.1 Å². The smallest absolute Gasteiger partial charge is 0.374 e. The average Bonchev–Trinajstić information content (AvgIpc) is 3.11. The fourth-order valence-corrected chi connectivity index (χ4v) is 2.22. The van der Waals surface area contributed by atoms with Crippen LogP contribution in [0.15, 0.2) is 59.1 Å². The molecule has 1 N–H and O–H groups in total. The molecule has 0 aliphatic heterocycles. The Balaban J connectivity index is 1.69. The highest BCUT2D eigenvalue weighted by molar-refractivity contribution is 5.85. The summed E-state index contributed by atoms with van der Waals surface area (Å²) in [7, 11) is 1.62. The van der Waals surface area contributed by atoms with Gasteiger partial charge in [-0.05, 0) is 30.3 Å². The topological polar surface area (TPSA) is 81.8 Å². The molecule has 0 saturated heterocycles. The minimum atomic E-state index is -1.15. The molecule has 0 unspecified atom stereocenters. The van der Waals surface area contributed by atoms with E-state index in [1.165, 1.54) is 6.07 Å². The third kappa shape index (κ3) is 3.38. The molecule has 0 fully saturated rings. The number of methoxy groups -OCH3 is 1. The van der Waals surface area contributed by atoms with Crippen LogP contribution < -0.4 is 9.47 Å². The third-order valence-electron chi connectivity index (χ3n) is 3.46. The lowest BCUT2D eigenvalue weighted by Gasteiger charge is -2.10. The van der Waals surface area contributed by atoms with E-state index >= 15 is 0 Å². The molecule has 3 rings (SSSR count). The zero-order valence-electron chi connectivity index (χ0n) is 12.9. The van der Waals surface area contributed by atoms with Crippen molar-refractivity contribution in [3.63, 3.8) is 0 Å². The first kappa shape index (κ1) is 15.6. The first-order valence-electron chi connectivity index (χ1n) is 7.22. The molecule has 0 spiro atoms. The summed E-state index contributed by atoms with van der Waals surface area (Å²) in [5, 5.41) is 12.6. The van der Waals surface area contributed by atoms with Gasteiger partial charge in [0.15, 0.2) is 0 Å². The third-order valence-corrected chi connectivity index (χ3v) is 3.46. The first-order valence-corrected chi connectivity index (χ1v) is 7.22. The van der Waals surface area contributed by atoms with E-state index in [1.54, 1.807) is 31.4 Å². The first-order chi connectivity index (χ1) is 11.7. The normalized spacial score (nSPS) is 10.4. The number of carboxylic acids is 1. The number of carboxylic acid groups (broad SMARTS) is 1. The molecule has 2 aromatic carbocycles. The van der Waals surface area contributed by atoms with Gasteiger partial charge in [-0.3, -0.25) is 0 Å². The monoisotopic (exact) mass is 325 g/mol. The zero-order chi connectivity index (χ0) is 16.9. The molecule has 122 valence electrons. The number of aromatic carboxylic acids is 1. The Labute approximate surface area is 138 Å². The summed E-state index contributed by atoms with van der Waals surface area (Å²) in [6.45, 7) is 0.385. The lowest BCUT2D eigenvalue weighted by molar-refractivity contribution is 0.0652. The lowest BCUT2D eigenvalue weighted by atomic mass is 10.1. The molecule has 24 heavy (non-hydrogen) atoms. The Morgan fingerprint density at radius 3 is 2.58 bits per heavy atom. The number of carbonyl (C=O) groups is 1. The van der Waals surface area contributed by atoms with Crippen LogP contribution in [0.1, 0.15) is 16.1 Å². The maximum Gasteiger partial charge on any atom is 0.374 e. The summed E-state index contributed by atoms with van der Waals surface area (Å²) in [4.78, 5) is 10.8. The fourth-order valence-electron chi connectivity index (χ4n) is 2.22. The van der Waals surface area contributed by atoms with Gasteiger partial charge in [-0.1, -0.05) is 23.4 Å². The SMILES string of the molecule is COc1ccccc1COc1ccc(-c2cc(C(=O)O)on2)cc1. The predicted molar refractivity (Wildman–Crippen MR) is 86.2 cm³/mol. The number of nitrogens with zero attached hydrogens (tertiary/aromatic N) is 1. The van der Waals surface area contributed by atoms with E-state index < -0.39 is 5.97 Å². The molecule has 0 atom stereocenters. The molecule has 6 heteroatoms. The standard InChI is InChI=1S/C18H15NO5/c1-22-16-5-3-2-4-13(16)11-23-14-8-6-12(7-9-14)15-10-17(18(20)21)24-19-15/h2-10H,11H2,1H3,(H,20,21). The van der Waals surface area contributed by atoms with Crippen molar-refractivity contribution in [2.24, 2.45) is 0 Å². The van der Waals surface area contributed by atoms with E-state index in [-0.39, 0.29) is 5.76 Å². The van der Waals surface area contributed by atoms with Crippen LogP contribution in [0.3, 0.4) is 0 Å². The van der Waals surface area contributed by atoms with Crippen LogP contribution in [0.5, 0.6) is 11.5 Å². The minimum absolute atomic E-state index is 0.193. The lowest BCUT2D eigenvalue weighted by Crippen LogP contribution is -1.98. The largest absolute Gasteiger partial charge is 0.496 e. The summed E-state index contributed by atoms with van der Waals surface area (Å²) in [5.41, 5.74) is 2.16. The van der Waals surface area contributed by atoms with Crippen molar-refractivity contribution in [3.8, 4) is 22.8 Å². The van der Waals surface area contributed by atoms with Crippen LogP contribution in [0, 0.1) is 0 Å². The quantitative estimate of drug-likeness (QED) is 0.745. The fraction of sp³-hybridized carbons (Fsp3) is 0.111. The van der Waals surface area contributed by atoms with Crippen LogP contribution in [0.4, 0.5) is 0 Å².